The molecule has 0 amide bonds. The highest BCUT2D eigenvalue weighted by Crippen LogP contribution is 2.18. The zero-order valence-electron chi connectivity index (χ0n) is 9.43. The van der Waals surface area contributed by atoms with E-state index in [2.05, 4.69) is 32.4 Å². The Balaban J connectivity index is 1.98. The van der Waals surface area contributed by atoms with E-state index >= 15 is 0 Å². The SMILES string of the molecule is NNC(Cc1cncc(Br)c1)C1CSCCO1. The monoisotopic (exact) mass is 317 g/mol. The second kappa shape index (κ2) is 6.70. The summed E-state index contributed by atoms with van der Waals surface area (Å²) in [6.45, 7) is 0.810. The first-order valence-corrected chi connectivity index (χ1v) is 7.49. The van der Waals surface area contributed by atoms with Crippen LogP contribution >= 0.6 is 27.7 Å². The van der Waals surface area contributed by atoms with Crippen LogP contribution in [0.4, 0.5) is 0 Å². The van der Waals surface area contributed by atoms with E-state index < -0.39 is 0 Å². The fourth-order valence-corrected chi connectivity index (χ4v) is 3.21. The lowest BCUT2D eigenvalue weighted by Crippen LogP contribution is -2.49. The number of hydrogen-bond acceptors (Lipinski definition) is 5. The third kappa shape index (κ3) is 3.93. The summed E-state index contributed by atoms with van der Waals surface area (Å²) in [6.07, 6.45) is 4.65. The van der Waals surface area contributed by atoms with Crippen molar-refractivity contribution in [1.29, 1.82) is 0 Å². The average Bonchev–Trinajstić information content (AvgIpc) is 2.37. The molecule has 0 spiro atoms. The molecule has 1 aromatic heterocycles. The van der Waals surface area contributed by atoms with Gasteiger partial charge in [0.05, 0.1) is 18.8 Å². The van der Waals surface area contributed by atoms with Gasteiger partial charge in [-0.15, -0.1) is 0 Å². The van der Waals surface area contributed by atoms with E-state index in [9.17, 15) is 0 Å². The Labute approximate surface area is 114 Å². The molecule has 4 nitrogen and oxygen atoms in total. The van der Waals surface area contributed by atoms with Gasteiger partial charge in [-0.1, -0.05) is 0 Å². The molecule has 0 radical (unpaired) electrons. The van der Waals surface area contributed by atoms with Crippen molar-refractivity contribution in [3.8, 4) is 0 Å². The number of ether oxygens (including phenoxy) is 1. The van der Waals surface area contributed by atoms with Gasteiger partial charge in [-0.05, 0) is 34.0 Å². The number of hydrogen-bond donors (Lipinski definition) is 2. The van der Waals surface area contributed by atoms with Crippen LogP contribution in [0.5, 0.6) is 0 Å². The van der Waals surface area contributed by atoms with Crippen molar-refractivity contribution < 1.29 is 4.74 Å². The normalized spacial score (nSPS) is 22.4. The molecule has 3 N–H and O–H groups in total. The van der Waals surface area contributed by atoms with E-state index in [0.717, 1.165) is 34.6 Å². The molecule has 17 heavy (non-hydrogen) atoms. The number of pyridine rings is 1. The number of thioether (sulfide) groups is 1. The maximum atomic E-state index is 5.74. The van der Waals surface area contributed by atoms with Crippen LogP contribution in [0, 0.1) is 0 Å². The van der Waals surface area contributed by atoms with Crippen molar-refractivity contribution >= 4 is 27.7 Å². The summed E-state index contributed by atoms with van der Waals surface area (Å²) in [4.78, 5) is 4.16. The van der Waals surface area contributed by atoms with Crippen LogP contribution in [0.15, 0.2) is 22.9 Å². The van der Waals surface area contributed by atoms with Crippen LogP contribution in [0.3, 0.4) is 0 Å². The Hall–Kier alpha value is -0.140. The standard InChI is InChI=1S/C11H16BrN3OS/c12-9-3-8(5-14-6-9)4-10(15-13)11-7-17-2-1-16-11/h3,5-6,10-11,15H,1-2,4,7,13H2. The predicted octanol–water partition coefficient (Wildman–Crippen LogP) is 1.35. The molecular formula is C11H16BrN3OS. The molecule has 0 aromatic carbocycles. The van der Waals surface area contributed by atoms with Gasteiger partial charge < -0.3 is 4.74 Å². The first-order valence-electron chi connectivity index (χ1n) is 5.54. The van der Waals surface area contributed by atoms with Crippen molar-refractivity contribution in [2.75, 3.05) is 18.1 Å². The molecule has 1 aromatic rings. The maximum Gasteiger partial charge on any atom is 0.0835 e. The number of aromatic nitrogens is 1. The van der Waals surface area contributed by atoms with Gasteiger partial charge in [0, 0.05) is 28.4 Å². The van der Waals surface area contributed by atoms with E-state index in [4.69, 9.17) is 10.6 Å². The number of nitrogens with zero attached hydrogens (tertiary/aromatic N) is 1. The van der Waals surface area contributed by atoms with Crippen LogP contribution in [0.2, 0.25) is 0 Å². The lowest BCUT2D eigenvalue weighted by molar-refractivity contribution is 0.0472. The lowest BCUT2D eigenvalue weighted by atomic mass is 10.0. The number of halogens is 1. The van der Waals surface area contributed by atoms with E-state index in [1.165, 1.54) is 0 Å². The number of hydrazine groups is 1. The van der Waals surface area contributed by atoms with E-state index in [-0.39, 0.29) is 12.1 Å². The van der Waals surface area contributed by atoms with Crippen molar-refractivity contribution in [2.45, 2.75) is 18.6 Å². The first-order chi connectivity index (χ1) is 8.29. The molecule has 1 aliphatic heterocycles. The molecule has 1 saturated heterocycles. The fraction of sp³-hybridized carbons (Fsp3) is 0.545. The Morgan fingerprint density at radius 3 is 3.18 bits per heavy atom. The highest BCUT2D eigenvalue weighted by Gasteiger charge is 2.24. The Kier molecular flexibility index (Phi) is 5.24. The minimum Gasteiger partial charge on any atom is -0.375 e. The summed E-state index contributed by atoms with van der Waals surface area (Å²) in [7, 11) is 0. The van der Waals surface area contributed by atoms with Crippen molar-refractivity contribution in [3.05, 3.63) is 28.5 Å². The van der Waals surface area contributed by atoms with Crippen molar-refractivity contribution in [1.82, 2.24) is 10.4 Å². The largest absolute Gasteiger partial charge is 0.375 e. The minimum absolute atomic E-state index is 0.138. The highest BCUT2D eigenvalue weighted by molar-refractivity contribution is 9.10. The Morgan fingerprint density at radius 2 is 2.53 bits per heavy atom. The zero-order chi connectivity index (χ0) is 12.1. The second-order valence-corrected chi connectivity index (χ2v) is 6.04. The van der Waals surface area contributed by atoms with Crippen LogP contribution in [-0.2, 0) is 11.2 Å². The molecule has 1 fully saturated rings. The van der Waals surface area contributed by atoms with Crippen molar-refractivity contribution in [2.24, 2.45) is 5.84 Å². The molecule has 6 heteroatoms. The topological polar surface area (TPSA) is 60.2 Å². The third-order valence-electron chi connectivity index (χ3n) is 2.72. The molecule has 0 saturated carbocycles. The van der Waals surface area contributed by atoms with Gasteiger partial charge in [0.2, 0.25) is 0 Å². The van der Waals surface area contributed by atoms with E-state index in [0.29, 0.717) is 0 Å². The van der Waals surface area contributed by atoms with Crippen molar-refractivity contribution in [3.63, 3.8) is 0 Å². The van der Waals surface area contributed by atoms with Gasteiger partial charge in [0.25, 0.3) is 0 Å². The molecule has 94 valence electrons. The van der Waals surface area contributed by atoms with E-state index in [1.807, 2.05) is 18.0 Å². The average molecular weight is 318 g/mol. The summed E-state index contributed by atoms with van der Waals surface area (Å²) >= 11 is 5.34. The Bertz CT molecular complexity index is 360. The minimum atomic E-state index is 0.138. The molecule has 2 unspecified atom stereocenters. The number of nitrogens with one attached hydrogen (secondary N) is 1. The molecule has 0 aliphatic carbocycles. The summed E-state index contributed by atoms with van der Waals surface area (Å²) in [5.74, 6) is 7.69. The third-order valence-corrected chi connectivity index (χ3v) is 4.17. The van der Waals surface area contributed by atoms with Gasteiger partial charge in [-0.3, -0.25) is 16.3 Å². The van der Waals surface area contributed by atoms with Crippen LogP contribution < -0.4 is 11.3 Å². The van der Waals surface area contributed by atoms with Crippen LogP contribution in [-0.4, -0.2) is 35.2 Å². The van der Waals surface area contributed by atoms with Crippen LogP contribution in [0.25, 0.3) is 0 Å². The fourth-order valence-electron chi connectivity index (χ4n) is 1.86. The van der Waals surface area contributed by atoms with Gasteiger partial charge in [-0.2, -0.15) is 11.8 Å². The molecular weight excluding hydrogens is 302 g/mol. The molecule has 2 rings (SSSR count). The molecule has 2 atom stereocenters. The summed E-state index contributed by atoms with van der Waals surface area (Å²) < 4.78 is 6.73. The second-order valence-electron chi connectivity index (χ2n) is 3.97. The summed E-state index contributed by atoms with van der Waals surface area (Å²) in [5, 5.41) is 0. The molecule has 1 aliphatic rings. The molecule has 2 heterocycles. The molecule has 0 bridgehead atoms. The van der Waals surface area contributed by atoms with Gasteiger partial charge >= 0.3 is 0 Å². The maximum absolute atomic E-state index is 5.74. The lowest BCUT2D eigenvalue weighted by Gasteiger charge is -2.29. The predicted molar refractivity (Wildman–Crippen MR) is 73.8 cm³/mol. The first kappa shape index (κ1) is 13.3. The quantitative estimate of drug-likeness (QED) is 0.648. The van der Waals surface area contributed by atoms with Gasteiger partial charge in [0.15, 0.2) is 0 Å². The highest BCUT2D eigenvalue weighted by atomic mass is 79.9. The van der Waals surface area contributed by atoms with Gasteiger partial charge in [-0.25, -0.2) is 0 Å². The number of rotatable bonds is 4. The van der Waals surface area contributed by atoms with Crippen LogP contribution in [0.1, 0.15) is 5.56 Å². The summed E-state index contributed by atoms with van der Waals surface area (Å²) in [5.41, 5.74) is 4.01. The Morgan fingerprint density at radius 1 is 1.65 bits per heavy atom. The zero-order valence-corrected chi connectivity index (χ0v) is 11.8. The number of nitrogens with two attached hydrogens (primary N) is 1. The summed E-state index contributed by atoms with van der Waals surface area (Å²) in [6, 6.07) is 2.20. The van der Waals surface area contributed by atoms with Gasteiger partial charge in [0.1, 0.15) is 0 Å². The smallest absolute Gasteiger partial charge is 0.0835 e. The van der Waals surface area contributed by atoms with E-state index in [1.54, 1.807) is 6.20 Å².